The summed E-state index contributed by atoms with van der Waals surface area (Å²) in [4.78, 5) is 0. The summed E-state index contributed by atoms with van der Waals surface area (Å²) in [5.41, 5.74) is 0. The Morgan fingerprint density at radius 1 is 0.560 bits per heavy atom. The number of ether oxygens (including phenoxy) is 3. The predicted octanol–water partition coefficient (Wildman–Crippen LogP) is 6.51. The van der Waals surface area contributed by atoms with Crippen LogP contribution < -0.4 is 0 Å². The molecule has 0 aliphatic rings. The Hall–Kier alpha value is 0.677. The van der Waals surface area contributed by atoms with E-state index in [1.165, 1.54) is 57.8 Å². The van der Waals surface area contributed by atoms with Crippen molar-refractivity contribution in [1.29, 1.82) is 0 Å². The number of hydrogen-bond acceptors (Lipinski definition) is 3. The van der Waals surface area contributed by atoms with Crippen molar-refractivity contribution in [2.24, 2.45) is 0 Å². The van der Waals surface area contributed by atoms with Crippen molar-refractivity contribution in [3.05, 3.63) is 0 Å². The Labute approximate surface area is 166 Å². The van der Waals surface area contributed by atoms with Gasteiger partial charge in [-0.2, -0.15) is 0 Å². The molecule has 152 valence electrons. The maximum Gasteiger partial charge on any atom is 0.248 e. The van der Waals surface area contributed by atoms with Crippen molar-refractivity contribution in [3.63, 3.8) is 0 Å². The molecule has 0 aromatic rings. The fourth-order valence-corrected chi connectivity index (χ4v) is 4.28. The highest BCUT2D eigenvalue weighted by atomic mass is 35.7. The lowest BCUT2D eigenvalue weighted by molar-refractivity contribution is 0.0389. The second-order valence-corrected chi connectivity index (χ2v) is 15.0. The van der Waals surface area contributed by atoms with Crippen LogP contribution >= 0.6 is 22.2 Å². The molecule has 0 saturated heterocycles. The molecule has 0 rings (SSSR count). The zero-order valence-electron chi connectivity index (χ0n) is 16.5. The third kappa shape index (κ3) is 24.7. The zero-order chi connectivity index (χ0) is 18.6. The molecule has 0 radical (unpaired) electrons. The maximum atomic E-state index is 6.10. The van der Waals surface area contributed by atoms with Gasteiger partial charge in [0.15, 0.2) is 0 Å². The van der Waals surface area contributed by atoms with Crippen molar-refractivity contribution in [2.75, 3.05) is 39.6 Å². The number of rotatable bonds is 20. The Bertz CT molecular complexity index is 264. The van der Waals surface area contributed by atoms with Gasteiger partial charge >= 0.3 is 0 Å². The summed E-state index contributed by atoms with van der Waals surface area (Å²) >= 11 is 12.2. The first-order chi connectivity index (χ1) is 12.1. The molecule has 0 bridgehead atoms. The van der Waals surface area contributed by atoms with Crippen LogP contribution in [0.3, 0.4) is 0 Å². The molecule has 0 fully saturated rings. The molecule has 0 spiro atoms. The van der Waals surface area contributed by atoms with Crippen LogP contribution in [0.4, 0.5) is 0 Å². The van der Waals surface area contributed by atoms with Gasteiger partial charge in [0.05, 0.1) is 13.2 Å². The summed E-state index contributed by atoms with van der Waals surface area (Å²) in [6.07, 6.45) is 12.6. The first-order valence-electron chi connectivity index (χ1n) is 10.2. The fraction of sp³-hybridized carbons (Fsp3) is 1.00. The highest BCUT2D eigenvalue weighted by molar-refractivity contribution is 7.44. The second-order valence-electron chi connectivity index (χ2n) is 6.78. The van der Waals surface area contributed by atoms with E-state index in [4.69, 9.17) is 36.4 Å². The largest absolute Gasteiger partial charge is 0.381 e. The number of hydrogen-bond donors (Lipinski definition) is 0. The minimum absolute atomic E-state index is 0.689. The molecule has 0 N–H and O–H groups in total. The lowest BCUT2D eigenvalue weighted by Crippen LogP contribution is -2.11. The molecule has 0 aromatic heterocycles. The van der Waals surface area contributed by atoms with E-state index in [1.807, 2.05) is 13.5 Å². The Morgan fingerprint density at radius 3 is 1.56 bits per heavy atom. The first kappa shape index (κ1) is 25.7. The minimum Gasteiger partial charge on any atom is -0.381 e. The van der Waals surface area contributed by atoms with Crippen LogP contribution in [0, 0.1) is 0 Å². The standard InChI is InChI=1S/C19H40Cl2O3Si/c1-3-22-17-18-24-16-13-15-23-14-11-9-7-5-4-6-8-10-12-19-25(2,20)21/h3-19H2,1-2H3. The molecule has 6 heteroatoms. The molecule has 0 aliphatic carbocycles. The summed E-state index contributed by atoms with van der Waals surface area (Å²) in [5, 5.41) is 0. The Balaban J connectivity index is 3.01. The summed E-state index contributed by atoms with van der Waals surface area (Å²) in [5.74, 6) is 0. The molecule has 0 unspecified atom stereocenters. The summed E-state index contributed by atoms with van der Waals surface area (Å²) in [7, 11) is 0. The van der Waals surface area contributed by atoms with Crippen LogP contribution in [0.5, 0.6) is 0 Å². The molecule has 0 heterocycles. The van der Waals surface area contributed by atoms with Gasteiger partial charge in [0.2, 0.25) is 6.69 Å². The topological polar surface area (TPSA) is 27.7 Å². The van der Waals surface area contributed by atoms with E-state index in [2.05, 4.69) is 0 Å². The van der Waals surface area contributed by atoms with Crippen molar-refractivity contribution in [2.45, 2.75) is 83.7 Å². The van der Waals surface area contributed by atoms with E-state index >= 15 is 0 Å². The van der Waals surface area contributed by atoms with E-state index in [-0.39, 0.29) is 0 Å². The van der Waals surface area contributed by atoms with Crippen molar-refractivity contribution in [1.82, 2.24) is 0 Å². The SMILES string of the molecule is CCOCCOCCCOCCCCCCCCCCC[Si](C)(Cl)Cl. The van der Waals surface area contributed by atoms with Gasteiger partial charge in [-0.1, -0.05) is 51.4 Å². The molecular weight excluding hydrogens is 375 g/mol. The number of unbranched alkanes of at least 4 members (excludes halogenated alkanes) is 8. The quantitative estimate of drug-likeness (QED) is 0.129. The van der Waals surface area contributed by atoms with Gasteiger partial charge in [0, 0.05) is 26.4 Å². The summed E-state index contributed by atoms with van der Waals surface area (Å²) in [6.45, 7) is 6.76. The molecule has 0 atom stereocenters. The van der Waals surface area contributed by atoms with Gasteiger partial charge in [0.1, 0.15) is 0 Å². The van der Waals surface area contributed by atoms with Gasteiger partial charge in [-0.25, -0.2) is 0 Å². The molecule has 0 aliphatic heterocycles. The third-order valence-electron chi connectivity index (χ3n) is 4.06. The van der Waals surface area contributed by atoms with Crippen LogP contribution in [0.1, 0.15) is 71.1 Å². The van der Waals surface area contributed by atoms with Crippen LogP contribution in [-0.4, -0.2) is 46.3 Å². The van der Waals surface area contributed by atoms with E-state index in [1.54, 1.807) is 0 Å². The monoisotopic (exact) mass is 414 g/mol. The summed E-state index contributed by atoms with van der Waals surface area (Å²) in [6, 6.07) is 1.04. The van der Waals surface area contributed by atoms with E-state index < -0.39 is 6.69 Å². The average molecular weight is 416 g/mol. The Morgan fingerprint density at radius 2 is 1.00 bits per heavy atom. The molecule has 0 amide bonds. The number of halogens is 2. The smallest absolute Gasteiger partial charge is 0.248 e. The molecule has 0 saturated carbocycles. The highest BCUT2D eigenvalue weighted by Gasteiger charge is 2.19. The van der Waals surface area contributed by atoms with Crippen LogP contribution in [0.2, 0.25) is 12.6 Å². The van der Waals surface area contributed by atoms with Crippen LogP contribution in [-0.2, 0) is 14.2 Å². The van der Waals surface area contributed by atoms with E-state index in [0.717, 1.165) is 38.9 Å². The fourth-order valence-electron chi connectivity index (χ4n) is 2.61. The predicted molar refractivity (Wildman–Crippen MR) is 112 cm³/mol. The first-order valence-corrected chi connectivity index (χ1v) is 14.9. The zero-order valence-corrected chi connectivity index (χ0v) is 19.0. The lowest BCUT2D eigenvalue weighted by Gasteiger charge is -2.09. The van der Waals surface area contributed by atoms with Gasteiger partial charge in [0.25, 0.3) is 0 Å². The van der Waals surface area contributed by atoms with Gasteiger partial charge in [-0.15, -0.1) is 22.2 Å². The van der Waals surface area contributed by atoms with Crippen molar-refractivity contribution < 1.29 is 14.2 Å². The maximum absolute atomic E-state index is 6.10. The van der Waals surface area contributed by atoms with Crippen LogP contribution in [0.25, 0.3) is 0 Å². The summed E-state index contributed by atoms with van der Waals surface area (Å²) < 4.78 is 16.3. The van der Waals surface area contributed by atoms with E-state index in [0.29, 0.717) is 13.2 Å². The Kier molecular flexibility index (Phi) is 20.0. The average Bonchev–Trinajstić information content (AvgIpc) is 2.56. The van der Waals surface area contributed by atoms with Crippen molar-refractivity contribution >= 4 is 28.9 Å². The van der Waals surface area contributed by atoms with Crippen LogP contribution in [0.15, 0.2) is 0 Å². The van der Waals surface area contributed by atoms with Crippen molar-refractivity contribution in [3.8, 4) is 0 Å². The molecule has 25 heavy (non-hydrogen) atoms. The molecular formula is C19H40Cl2O3Si. The van der Waals surface area contributed by atoms with Gasteiger partial charge in [-0.3, -0.25) is 0 Å². The van der Waals surface area contributed by atoms with Gasteiger partial charge in [-0.05, 0) is 32.4 Å². The second kappa shape index (κ2) is 19.4. The minimum atomic E-state index is -1.85. The third-order valence-corrected chi connectivity index (χ3v) is 6.42. The normalized spacial score (nSPS) is 12.0. The highest BCUT2D eigenvalue weighted by Crippen LogP contribution is 2.23. The lowest BCUT2D eigenvalue weighted by atomic mass is 10.1. The molecule has 0 aromatic carbocycles. The molecule has 3 nitrogen and oxygen atoms in total. The van der Waals surface area contributed by atoms with Gasteiger partial charge < -0.3 is 14.2 Å². The van der Waals surface area contributed by atoms with E-state index in [9.17, 15) is 0 Å².